The van der Waals surface area contributed by atoms with Crippen LogP contribution in [0.25, 0.3) is 0 Å². The maximum absolute atomic E-state index is 15.4. The van der Waals surface area contributed by atoms with Crippen LogP contribution in [0.15, 0.2) is 42.0 Å². The molecule has 2 aromatic carbocycles. The number of anilines is 1. The molecule has 3 heterocycles. The Morgan fingerprint density at radius 1 is 1.18 bits per heavy atom. The van der Waals surface area contributed by atoms with Crippen molar-refractivity contribution < 1.29 is 28.2 Å². The summed E-state index contributed by atoms with van der Waals surface area (Å²) in [6.45, 7) is 10.4. The maximum Gasteiger partial charge on any atom is 0.261 e. The number of hydrogen-bond donors (Lipinski definition) is 1. The van der Waals surface area contributed by atoms with E-state index in [1.54, 1.807) is 6.07 Å². The molecular formula is C38H49ClFN3O5S. The predicted octanol–water partition coefficient (Wildman–Crippen LogP) is 7.12. The van der Waals surface area contributed by atoms with E-state index in [1.165, 1.54) is 11.9 Å². The molecule has 49 heavy (non-hydrogen) atoms. The van der Waals surface area contributed by atoms with Crippen molar-refractivity contribution in [2.45, 2.75) is 82.5 Å². The van der Waals surface area contributed by atoms with Gasteiger partial charge in [0, 0.05) is 42.4 Å². The first-order valence-corrected chi connectivity index (χ1v) is 19.0. The number of hydrogen-bond acceptors (Lipinski definition) is 7. The minimum atomic E-state index is -0.454. The van der Waals surface area contributed by atoms with Crippen LogP contribution in [0.1, 0.15) is 80.8 Å². The first-order valence-electron chi connectivity index (χ1n) is 17.8. The highest BCUT2D eigenvalue weighted by Gasteiger charge is 2.43. The highest BCUT2D eigenvalue weighted by molar-refractivity contribution is 7.98. The quantitative estimate of drug-likeness (QED) is 0.267. The number of amides is 2. The lowest BCUT2D eigenvalue weighted by atomic mass is 9.70. The lowest BCUT2D eigenvalue weighted by Gasteiger charge is -2.41. The number of carbonyl (C=O) groups excluding carboxylic acids is 2. The van der Waals surface area contributed by atoms with Crippen molar-refractivity contribution in [2.75, 3.05) is 57.5 Å². The molecule has 11 heteroatoms. The number of morpholine rings is 1. The molecule has 2 amide bonds. The minimum Gasteiger partial charge on any atom is -0.490 e. The molecule has 1 fully saturated rings. The summed E-state index contributed by atoms with van der Waals surface area (Å²) in [5, 5.41) is 0.347. The second-order valence-corrected chi connectivity index (χ2v) is 15.6. The van der Waals surface area contributed by atoms with Crippen LogP contribution in [0.3, 0.4) is 0 Å². The largest absolute Gasteiger partial charge is 0.490 e. The molecule has 1 aliphatic carbocycles. The van der Waals surface area contributed by atoms with E-state index in [-0.39, 0.29) is 46.5 Å². The number of ether oxygens (including phenoxy) is 3. The van der Waals surface area contributed by atoms with Crippen LogP contribution in [0, 0.1) is 11.7 Å². The van der Waals surface area contributed by atoms with Crippen molar-refractivity contribution in [1.82, 2.24) is 9.62 Å². The molecule has 0 radical (unpaired) electrons. The molecule has 0 saturated carbocycles. The van der Waals surface area contributed by atoms with Crippen molar-refractivity contribution in [3.8, 4) is 5.75 Å². The van der Waals surface area contributed by atoms with Gasteiger partial charge in [0.25, 0.3) is 5.91 Å². The Morgan fingerprint density at radius 2 is 2.00 bits per heavy atom. The first kappa shape index (κ1) is 36.0. The van der Waals surface area contributed by atoms with E-state index in [0.717, 1.165) is 55.3 Å². The van der Waals surface area contributed by atoms with E-state index in [9.17, 15) is 9.59 Å². The zero-order valence-electron chi connectivity index (χ0n) is 28.9. The first-order chi connectivity index (χ1) is 23.7. The molecular weight excluding hydrogens is 665 g/mol. The van der Waals surface area contributed by atoms with Gasteiger partial charge in [-0.15, -0.1) is 0 Å². The van der Waals surface area contributed by atoms with Crippen molar-refractivity contribution in [3.05, 3.63) is 69.5 Å². The van der Waals surface area contributed by atoms with Gasteiger partial charge in [-0.1, -0.05) is 44.0 Å². The Labute approximate surface area is 299 Å². The van der Waals surface area contributed by atoms with Crippen molar-refractivity contribution in [2.24, 2.45) is 5.92 Å². The Morgan fingerprint density at radius 3 is 2.80 bits per heavy atom. The number of carbonyl (C=O) groups is 2. The van der Waals surface area contributed by atoms with Gasteiger partial charge in [-0.25, -0.2) is 4.39 Å². The number of nitrogens with one attached hydrogen (secondary N) is 1. The van der Waals surface area contributed by atoms with Gasteiger partial charge in [0.05, 0.1) is 36.6 Å². The van der Waals surface area contributed by atoms with E-state index >= 15 is 4.39 Å². The molecule has 3 aliphatic heterocycles. The van der Waals surface area contributed by atoms with E-state index in [2.05, 4.69) is 36.5 Å². The van der Waals surface area contributed by atoms with E-state index in [1.807, 2.05) is 29.2 Å². The third-order valence-corrected chi connectivity index (χ3v) is 12.0. The SMILES string of the molecule is CCC1CCN2CC3(CCCc4c3ccc(Cl)c4F)COc3ccc(cc32)C(=O)NSC(C)CC/C=C(\C)C1OCC(=O)N1CCOCC1. The molecule has 0 aromatic heterocycles. The Bertz CT molecular complexity index is 1550. The lowest BCUT2D eigenvalue weighted by Crippen LogP contribution is -2.46. The summed E-state index contributed by atoms with van der Waals surface area (Å²) >= 11 is 7.70. The maximum atomic E-state index is 15.4. The average Bonchev–Trinajstić information content (AvgIpc) is 3.26. The fourth-order valence-corrected chi connectivity index (χ4v) is 8.71. The van der Waals surface area contributed by atoms with Gasteiger partial charge in [0.2, 0.25) is 5.91 Å². The van der Waals surface area contributed by atoms with Gasteiger partial charge in [-0.3, -0.25) is 14.3 Å². The molecule has 1 N–H and O–H groups in total. The standard InChI is InChI=1S/C38H49ClFN3O5S/c1-4-27-14-16-43-23-38(15-6-9-29-30(38)11-12-31(39)35(29)40)24-48-33-13-10-28(21-32(33)43)37(45)41-49-26(3)8-5-7-25(2)36(27)47-22-34(44)42-17-19-46-20-18-42/h7,10-13,21,26-27,36H,4-6,8-9,14-20,22-24H2,1-3H3,(H,41,45)/b25-7+. The number of fused-ring (bicyclic) bond motifs is 3. The summed E-state index contributed by atoms with van der Waals surface area (Å²) < 4.78 is 37.1. The number of halogens is 2. The van der Waals surface area contributed by atoms with Crippen molar-refractivity contribution in [1.29, 1.82) is 0 Å². The van der Waals surface area contributed by atoms with Crippen LogP contribution in [0.2, 0.25) is 5.02 Å². The minimum absolute atomic E-state index is 0.00442. The summed E-state index contributed by atoms with van der Waals surface area (Å²) in [5.41, 5.74) is 3.74. The highest BCUT2D eigenvalue weighted by Crippen LogP contribution is 2.45. The number of benzene rings is 2. The van der Waals surface area contributed by atoms with Gasteiger partial charge >= 0.3 is 0 Å². The summed E-state index contributed by atoms with van der Waals surface area (Å²) in [6, 6.07) is 9.30. The fourth-order valence-electron chi connectivity index (χ4n) is 7.86. The lowest BCUT2D eigenvalue weighted by molar-refractivity contribution is -0.142. The number of nitrogens with zero attached hydrogens (tertiary/aromatic N) is 2. The summed E-state index contributed by atoms with van der Waals surface area (Å²) in [5.74, 6) is 0.374. The predicted molar refractivity (Wildman–Crippen MR) is 193 cm³/mol. The van der Waals surface area contributed by atoms with Crippen LogP contribution in [0.5, 0.6) is 5.75 Å². The van der Waals surface area contributed by atoms with Crippen LogP contribution in [-0.4, -0.2) is 80.7 Å². The Hall–Kier alpha value is -2.79. The normalized spacial score (nSPS) is 27.7. The second-order valence-electron chi connectivity index (χ2n) is 14.0. The van der Waals surface area contributed by atoms with Crippen LogP contribution in [0.4, 0.5) is 10.1 Å². The van der Waals surface area contributed by atoms with Gasteiger partial charge in [0.1, 0.15) is 18.2 Å². The molecule has 4 aliphatic rings. The van der Waals surface area contributed by atoms with Crippen LogP contribution >= 0.6 is 23.5 Å². The number of allylic oxidation sites excluding steroid dienone is 1. The number of rotatable bonds is 4. The smallest absolute Gasteiger partial charge is 0.261 e. The fraction of sp³-hybridized carbons (Fsp3) is 0.579. The third-order valence-electron chi connectivity index (χ3n) is 10.7. The molecule has 1 spiro atoms. The molecule has 6 rings (SSSR count). The molecule has 4 unspecified atom stereocenters. The van der Waals surface area contributed by atoms with Crippen LogP contribution in [-0.2, 0) is 26.1 Å². The monoisotopic (exact) mass is 713 g/mol. The Balaban J connectivity index is 1.34. The third kappa shape index (κ3) is 8.08. The molecule has 266 valence electrons. The topological polar surface area (TPSA) is 80.3 Å². The molecule has 2 aromatic rings. The van der Waals surface area contributed by atoms with E-state index < -0.39 is 5.41 Å². The Kier molecular flexibility index (Phi) is 11.8. The molecule has 1 saturated heterocycles. The summed E-state index contributed by atoms with van der Waals surface area (Å²) in [7, 11) is 0. The second kappa shape index (κ2) is 16.0. The summed E-state index contributed by atoms with van der Waals surface area (Å²) in [4.78, 5) is 30.7. The van der Waals surface area contributed by atoms with Gasteiger partial charge in [-0.2, -0.15) is 0 Å². The summed E-state index contributed by atoms with van der Waals surface area (Å²) in [6.07, 6.45) is 7.73. The van der Waals surface area contributed by atoms with Crippen molar-refractivity contribution in [3.63, 3.8) is 0 Å². The molecule has 4 atom stereocenters. The van der Waals surface area contributed by atoms with E-state index in [4.69, 9.17) is 25.8 Å². The van der Waals surface area contributed by atoms with Crippen LogP contribution < -0.4 is 14.4 Å². The zero-order chi connectivity index (χ0) is 34.5. The zero-order valence-corrected chi connectivity index (χ0v) is 30.5. The highest BCUT2D eigenvalue weighted by atomic mass is 35.5. The van der Waals surface area contributed by atoms with Crippen molar-refractivity contribution >= 4 is 41.1 Å². The van der Waals surface area contributed by atoms with E-state index in [0.29, 0.717) is 69.3 Å². The molecule has 2 bridgehead atoms. The average molecular weight is 714 g/mol. The van der Waals surface area contributed by atoms with Gasteiger partial charge < -0.3 is 24.0 Å². The van der Waals surface area contributed by atoms with Gasteiger partial charge in [0.15, 0.2) is 0 Å². The van der Waals surface area contributed by atoms with Gasteiger partial charge in [-0.05, 0) is 104 Å². The molecule has 8 nitrogen and oxygen atoms in total.